The molecule has 1 aliphatic heterocycles. The molecule has 0 atom stereocenters. The van der Waals surface area contributed by atoms with E-state index in [-0.39, 0.29) is 0 Å². The van der Waals surface area contributed by atoms with Crippen LogP contribution in [0.4, 0.5) is 5.69 Å². The van der Waals surface area contributed by atoms with Gasteiger partial charge in [0.15, 0.2) is 0 Å². The minimum absolute atomic E-state index is 0.308. The number of anilines is 1. The minimum Gasteiger partial charge on any atom is -0.371 e. The van der Waals surface area contributed by atoms with Gasteiger partial charge in [-0.15, -0.1) is 11.3 Å². The molecule has 0 amide bonds. The SMILES string of the molecule is CC(C)(C)c1cc(N2CCCC2)cs1. The van der Waals surface area contributed by atoms with Crippen LogP contribution in [0.1, 0.15) is 38.5 Å². The first-order chi connectivity index (χ1) is 6.57. The number of nitrogens with zero attached hydrogens (tertiary/aromatic N) is 1. The molecule has 0 N–H and O–H groups in total. The van der Waals surface area contributed by atoms with Crippen molar-refractivity contribution in [3.8, 4) is 0 Å². The van der Waals surface area contributed by atoms with E-state index >= 15 is 0 Å². The zero-order valence-electron chi connectivity index (χ0n) is 9.34. The zero-order chi connectivity index (χ0) is 10.2. The Kier molecular flexibility index (Phi) is 2.56. The van der Waals surface area contributed by atoms with Crippen LogP contribution >= 0.6 is 11.3 Å². The highest BCUT2D eigenvalue weighted by molar-refractivity contribution is 7.10. The standard InChI is InChI=1S/C12H19NS/c1-12(2,3)11-8-10(9-14-11)13-6-4-5-7-13/h8-9H,4-7H2,1-3H3. The van der Waals surface area contributed by atoms with Crippen molar-refractivity contribution >= 4 is 17.0 Å². The summed E-state index contributed by atoms with van der Waals surface area (Å²) in [6.45, 7) is 9.35. The highest BCUT2D eigenvalue weighted by Crippen LogP contribution is 2.33. The Morgan fingerprint density at radius 3 is 2.36 bits per heavy atom. The smallest absolute Gasteiger partial charge is 0.0477 e. The van der Waals surface area contributed by atoms with Crippen molar-refractivity contribution in [2.45, 2.75) is 39.0 Å². The summed E-state index contributed by atoms with van der Waals surface area (Å²) in [4.78, 5) is 4.01. The van der Waals surface area contributed by atoms with Gasteiger partial charge >= 0.3 is 0 Å². The molecular weight excluding hydrogens is 190 g/mol. The molecule has 0 saturated carbocycles. The molecule has 1 aromatic heterocycles. The van der Waals surface area contributed by atoms with E-state index in [1.165, 1.54) is 36.5 Å². The summed E-state index contributed by atoms with van der Waals surface area (Å²) < 4.78 is 0. The highest BCUT2D eigenvalue weighted by atomic mass is 32.1. The average molecular weight is 209 g/mol. The lowest BCUT2D eigenvalue weighted by atomic mass is 9.95. The van der Waals surface area contributed by atoms with Crippen molar-refractivity contribution in [1.82, 2.24) is 0 Å². The van der Waals surface area contributed by atoms with Gasteiger partial charge in [0.2, 0.25) is 0 Å². The van der Waals surface area contributed by atoms with Gasteiger partial charge in [-0.2, -0.15) is 0 Å². The lowest BCUT2D eigenvalue weighted by Crippen LogP contribution is -2.17. The predicted octanol–water partition coefficient (Wildman–Crippen LogP) is 3.65. The monoisotopic (exact) mass is 209 g/mol. The van der Waals surface area contributed by atoms with E-state index in [0.29, 0.717) is 5.41 Å². The Bertz CT molecular complexity index is 302. The fourth-order valence-corrected chi connectivity index (χ4v) is 2.87. The van der Waals surface area contributed by atoms with Crippen molar-refractivity contribution < 1.29 is 0 Å². The van der Waals surface area contributed by atoms with Gasteiger partial charge in [-0.25, -0.2) is 0 Å². The Hall–Kier alpha value is -0.500. The molecule has 0 aromatic carbocycles. The second kappa shape index (κ2) is 3.58. The summed E-state index contributed by atoms with van der Waals surface area (Å²) >= 11 is 1.90. The van der Waals surface area contributed by atoms with Crippen LogP contribution in [0.3, 0.4) is 0 Å². The normalized spacial score (nSPS) is 17.8. The molecule has 0 bridgehead atoms. The fraction of sp³-hybridized carbons (Fsp3) is 0.667. The molecule has 1 nitrogen and oxygen atoms in total. The minimum atomic E-state index is 0.308. The molecule has 2 heteroatoms. The van der Waals surface area contributed by atoms with E-state index in [2.05, 4.69) is 37.1 Å². The van der Waals surface area contributed by atoms with Crippen LogP contribution < -0.4 is 4.90 Å². The van der Waals surface area contributed by atoms with Gasteiger partial charge in [-0.05, 0) is 24.3 Å². The largest absolute Gasteiger partial charge is 0.371 e. The van der Waals surface area contributed by atoms with Gasteiger partial charge in [0, 0.05) is 29.0 Å². The molecule has 1 aliphatic rings. The molecule has 2 rings (SSSR count). The van der Waals surface area contributed by atoms with Crippen LogP contribution in [0.15, 0.2) is 11.4 Å². The first-order valence-corrected chi connectivity index (χ1v) is 6.29. The maximum atomic E-state index is 2.51. The summed E-state index contributed by atoms with van der Waals surface area (Å²) in [5.74, 6) is 0. The molecular formula is C12H19NS. The predicted molar refractivity (Wildman–Crippen MR) is 64.5 cm³/mol. The van der Waals surface area contributed by atoms with Crippen LogP contribution in [-0.4, -0.2) is 13.1 Å². The second-order valence-electron chi connectivity index (χ2n) is 5.11. The molecule has 1 fully saturated rings. The maximum absolute atomic E-state index is 2.51. The fourth-order valence-electron chi connectivity index (χ4n) is 1.86. The van der Waals surface area contributed by atoms with Gasteiger partial charge in [0.1, 0.15) is 0 Å². The summed E-state index contributed by atoms with van der Waals surface area (Å²) in [5.41, 5.74) is 1.75. The number of hydrogen-bond donors (Lipinski definition) is 0. The van der Waals surface area contributed by atoms with E-state index in [1.54, 1.807) is 0 Å². The third-order valence-corrected chi connectivity index (χ3v) is 4.14. The van der Waals surface area contributed by atoms with E-state index in [0.717, 1.165) is 0 Å². The quantitative estimate of drug-likeness (QED) is 0.682. The molecule has 0 unspecified atom stereocenters. The summed E-state index contributed by atoms with van der Waals surface area (Å²) in [6.07, 6.45) is 2.72. The first kappa shape index (κ1) is 10.0. The van der Waals surface area contributed by atoms with Crippen molar-refractivity contribution in [2.75, 3.05) is 18.0 Å². The summed E-state index contributed by atoms with van der Waals surface area (Å²) in [7, 11) is 0. The molecule has 1 saturated heterocycles. The molecule has 14 heavy (non-hydrogen) atoms. The van der Waals surface area contributed by atoms with Gasteiger partial charge in [-0.3, -0.25) is 0 Å². The van der Waals surface area contributed by atoms with Gasteiger partial charge in [-0.1, -0.05) is 20.8 Å². The van der Waals surface area contributed by atoms with E-state index < -0.39 is 0 Å². The lowest BCUT2D eigenvalue weighted by molar-refractivity contribution is 0.604. The molecule has 1 aromatic rings. The van der Waals surface area contributed by atoms with Crippen molar-refractivity contribution in [3.63, 3.8) is 0 Å². The molecule has 78 valence electrons. The third kappa shape index (κ3) is 1.95. The number of thiophene rings is 1. The van der Waals surface area contributed by atoms with E-state index in [4.69, 9.17) is 0 Å². The van der Waals surface area contributed by atoms with Gasteiger partial charge in [0.25, 0.3) is 0 Å². The van der Waals surface area contributed by atoms with Gasteiger partial charge < -0.3 is 4.90 Å². The summed E-state index contributed by atoms with van der Waals surface area (Å²) in [5, 5.41) is 2.31. The highest BCUT2D eigenvalue weighted by Gasteiger charge is 2.19. The topological polar surface area (TPSA) is 3.24 Å². The van der Waals surface area contributed by atoms with Crippen LogP contribution in [0, 0.1) is 0 Å². The van der Waals surface area contributed by atoms with Crippen molar-refractivity contribution in [1.29, 1.82) is 0 Å². The Balaban J connectivity index is 2.17. The number of rotatable bonds is 1. The van der Waals surface area contributed by atoms with Crippen molar-refractivity contribution in [3.05, 3.63) is 16.3 Å². The van der Waals surface area contributed by atoms with Crippen LogP contribution in [0.2, 0.25) is 0 Å². The van der Waals surface area contributed by atoms with E-state index in [9.17, 15) is 0 Å². The Morgan fingerprint density at radius 1 is 1.21 bits per heavy atom. The number of hydrogen-bond acceptors (Lipinski definition) is 2. The molecule has 2 heterocycles. The molecule has 0 radical (unpaired) electrons. The lowest BCUT2D eigenvalue weighted by Gasteiger charge is -2.17. The third-order valence-electron chi connectivity index (χ3n) is 2.80. The second-order valence-corrected chi connectivity index (χ2v) is 6.02. The van der Waals surface area contributed by atoms with Crippen LogP contribution in [0.25, 0.3) is 0 Å². The van der Waals surface area contributed by atoms with E-state index in [1.807, 2.05) is 11.3 Å². The van der Waals surface area contributed by atoms with Crippen molar-refractivity contribution in [2.24, 2.45) is 0 Å². The first-order valence-electron chi connectivity index (χ1n) is 5.41. The summed E-state index contributed by atoms with van der Waals surface area (Å²) in [6, 6.07) is 2.37. The average Bonchev–Trinajstić information content (AvgIpc) is 2.73. The van der Waals surface area contributed by atoms with Crippen LogP contribution in [0.5, 0.6) is 0 Å². The molecule has 0 spiro atoms. The van der Waals surface area contributed by atoms with Gasteiger partial charge in [0.05, 0.1) is 0 Å². The Labute approximate surface area is 90.7 Å². The maximum Gasteiger partial charge on any atom is 0.0477 e. The Morgan fingerprint density at radius 2 is 1.86 bits per heavy atom. The molecule has 0 aliphatic carbocycles. The zero-order valence-corrected chi connectivity index (χ0v) is 10.2. The van der Waals surface area contributed by atoms with Crippen LogP contribution in [-0.2, 0) is 5.41 Å².